The molecule has 0 unspecified atom stereocenters. The number of ether oxygens (including phenoxy) is 1. The van der Waals surface area contributed by atoms with E-state index in [9.17, 15) is 4.79 Å². The summed E-state index contributed by atoms with van der Waals surface area (Å²) in [5.74, 6) is 0.836. The van der Waals surface area contributed by atoms with E-state index in [1.165, 1.54) is 11.0 Å². The number of benzene rings is 2. The predicted molar refractivity (Wildman–Crippen MR) is 110 cm³/mol. The van der Waals surface area contributed by atoms with Gasteiger partial charge in [0, 0.05) is 18.5 Å². The van der Waals surface area contributed by atoms with Crippen LogP contribution in [0.5, 0.6) is 5.75 Å². The van der Waals surface area contributed by atoms with E-state index in [1.807, 2.05) is 48.5 Å². The van der Waals surface area contributed by atoms with Crippen LogP contribution in [0.15, 0.2) is 71.3 Å². The number of fused-ring (bicyclic) bond motifs is 1. The highest BCUT2D eigenvalue weighted by Gasteiger charge is 2.15. The first kappa shape index (κ1) is 18.3. The van der Waals surface area contributed by atoms with Crippen LogP contribution in [0.25, 0.3) is 10.2 Å². The highest BCUT2D eigenvalue weighted by atomic mass is 32.1. The van der Waals surface area contributed by atoms with Crippen molar-refractivity contribution < 1.29 is 13.9 Å². The number of hydrogen-bond acceptors (Lipinski definition) is 5. The van der Waals surface area contributed by atoms with Crippen LogP contribution < -0.4 is 10.1 Å². The average Bonchev–Trinajstić information content (AvgIpc) is 3.36. The molecule has 0 aliphatic carbocycles. The van der Waals surface area contributed by atoms with Crippen molar-refractivity contribution in [2.45, 2.75) is 19.4 Å². The van der Waals surface area contributed by atoms with Gasteiger partial charge in [-0.15, -0.1) is 11.3 Å². The number of carbonyl (C=O) groups is 1. The number of carbonyl (C=O) groups excluding carboxylic acids is 1. The average molecular weight is 392 g/mol. The van der Waals surface area contributed by atoms with Crippen LogP contribution in [0, 0.1) is 0 Å². The number of aromatic nitrogens is 1. The third kappa shape index (κ3) is 4.40. The summed E-state index contributed by atoms with van der Waals surface area (Å²) in [7, 11) is 0. The summed E-state index contributed by atoms with van der Waals surface area (Å²) in [6.45, 7) is 0.851. The second-order valence-corrected chi connectivity index (χ2v) is 7.43. The number of para-hydroxylation sites is 2. The van der Waals surface area contributed by atoms with E-state index in [2.05, 4.69) is 16.4 Å². The van der Waals surface area contributed by atoms with Gasteiger partial charge in [-0.2, -0.15) is 0 Å². The molecule has 0 atom stereocenters. The fourth-order valence-corrected chi connectivity index (χ4v) is 3.88. The third-order valence-corrected chi connectivity index (χ3v) is 5.38. The molecular formula is C22H20N2O3S. The molecule has 142 valence electrons. The number of amides is 1. The van der Waals surface area contributed by atoms with Gasteiger partial charge < -0.3 is 14.5 Å². The van der Waals surface area contributed by atoms with Crippen molar-refractivity contribution in [2.24, 2.45) is 0 Å². The summed E-state index contributed by atoms with van der Waals surface area (Å²) in [4.78, 5) is 17.0. The smallest absolute Gasteiger partial charge is 0.287 e. The fraction of sp³-hybridized carbons (Fsp3) is 0.182. The van der Waals surface area contributed by atoms with E-state index >= 15 is 0 Å². The lowest BCUT2D eigenvalue weighted by Gasteiger charge is -2.07. The van der Waals surface area contributed by atoms with Crippen LogP contribution >= 0.6 is 11.3 Å². The van der Waals surface area contributed by atoms with E-state index in [0.29, 0.717) is 12.3 Å². The number of nitrogens with one attached hydrogen (secondary N) is 1. The second kappa shape index (κ2) is 8.71. The van der Waals surface area contributed by atoms with Crippen molar-refractivity contribution in [2.75, 3.05) is 6.54 Å². The molecule has 6 heteroatoms. The Balaban J connectivity index is 1.26. The maximum atomic E-state index is 12.4. The molecule has 5 nitrogen and oxygen atoms in total. The van der Waals surface area contributed by atoms with Crippen LogP contribution in [-0.4, -0.2) is 17.4 Å². The van der Waals surface area contributed by atoms with Crippen LogP contribution in [0.3, 0.4) is 0 Å². The molecule has 0 aliphatic heterocycles. The molecule has 1 N–H and O–H groups in total. The lowest BCUT2D eigenvalue weighted by Crippen LogP contribution is -2.25. The summed E-state index contributed by atoms with van der Waals surface area (Å²) in [5, 5.41) is 4.00. The molecule has 4 rings (SSSR count). The predicted octanol–water partition coefficient (Wildman–Crippen LogP) is 4.83. The lowest BCUT2D eigenvalue weighted by molar-refractivity contribution is 0.0922. The topological polar surface area (TPSA) is 64.4 Å². The molecule has 0 bridgehead atoms. The molecule has 0 saturated carbocycles. The van der Waals surface area contributed by atoms with Crippen molar-refractivity contribution in [3.8, 4) is 5.75 Å². The minimum atomic E-state index is -0.221. The first-order valence-corrected chi connectivity index (χ1v) is 9.98. The van der Waals surface area contributed by atoms with Gasteiger partial charge in [-0.1, -0.05) is 30.3 Å². The van der Waals surface area contributed by atoms with Crippen molar-refractivity contribution in [1.29, 1.82) is 0 Å². The Morgan fingerprint density at radius 2 is 1.89 bits per heavy atom. The van der Waals surface area contributed by atoms with Crippen molar-refractivity contribution in [1.82, 2.24) is 10.3 Å². The van der Waals surface area contributed by atoms with Gasteiger partial charge >= 0.3 is 0 Å². The molecule has 28 heavy (non-hydrogen) atoms. The monoisotopic (exact) mass is 392 g/mol. The maximum Gasteiger partial charge on any atom is 0.287 e. The molecule has 2 heterocycles. The highest BCUT2D eigenvalue weighted by Crippen LogP contribution is 2.22. The van der Waals surface area contributed by atoms with Crippen LogP contribution in [0.2, 0.25) is 0 Å². The lowest BCUT2D eigenvalue weighted by atomic mass is 10.2. The first-order chi connectivity index (χ1) is 13.8. The minimum absolute atomic E-state index is 0.221. The zero-order valence-electron chi connectivity index (χ0n) is 15.3. The molecule has 2 aromatic carbocycles. The summed E-state index contributed by atoms with van der Waals surface area (Å²) < 4.78 is 12.3. The summed E-state index contributed by atoms with van der Waals surface area (Å²) in [6.07, 6.45) is 3.17. The van der Waals surface area contributed by atoms with E-state index in [0.717, 1.165) is 34.7 Å². The first-order valence-electron chi connectivity index (χ1n) is 9.16. The summed E-state index contributed by atoms with van der Waals surface area (Å²) in [5.41, 5.74) is 1.76. The molecular weight excluding hydrogens is 372 g/mol. The van der Waals surface area contributed by atoms with E-state index in [-0.39, 0.29) is 12.5 Å². The quantitative estimate of drug-likeness (QED) is 0.436. The van der Waals surface area contributed by atoms with Crippen LogP contribution in [0.1, 0.15) is 27.5 Å². The molecule has 2 aromatic heterocycles. The van der Waals surface area contributed by atoms with E-state index in [4.69, 9.17) is 9.15 Å². The van der Waals surface area contributed by atoms with Crippen molar-refractivity contribution >= 4 is 27.5 Å². The normalized spacial score (nSPS) is 10.9. The van der Waals surface area contributed by atoms with Gasteiger partial charge in [0.05, 0.1) is 21.5 Å². The standard InChI is InChI=1S/C22H20N2O3S/c25-22(21-16(12-14-26-21)15-27-17-7-2-1-3-8-17)23-13-6-11-20-24-18-9-4-5-10-19(18)28-20/h1-5,7-10,12,14H,6,11,13,15H2,(H,23,25). The zero-order chi connectivity index (χ0) is 19.2. The fourth-order valence-electron chi connectivity index (χ4n) is 2.88. The van der Waals surface area contributed by atoms with Crippen LogP contribution in [-0.2, 0) is 13.0 Å². The number of hydrogen-bond donors (Lipinski definition) is 1. The Kier molecular flexibility index (Phi) is 5.68. The van der Waals surface area contributed by atoms with Gasteiger partial charge in [0.2, 0.25) is 0 Å². The molecule has 1 amide bonds. The zero-order valence-corrected chi connectivity index (χ0v) is 16.1. The molecule has 0 spiro atoms. The largest absolute Gasteiger partial charge is 0.489 e. The molecule has 0 saturated heterocycles. The number of furan rings is 1. The Morgan fingerprint density at radius 1 is 1.07 bits per heavy atom. The Labute approximate surface area is 167 Å². The summed E-state index contributed by atoms with van der Waals surface area (Å²) in [6, 6.07) is 19.4. The second-order valence-electron chi connectivity index (χ2n) is 6.31. The minimum Gasteiger partial charge on any atom is -0.489 e. The van der Waals surface area contributed by atoms with Crippen LogP contribution in [0.4, 0.5) is 0 Å². The van der Waals surface area contributed by atoms with Gasteiger partial charge in [-0.05, 0) is 36.8 Å². The Hall–Kier alpha value is -3.12. The maximum absolute atomic E-state index is 12.4. The molecule has 0 fully saturated rings. The Bertz CT molecular complexity index is 1020. The number of thiazole rings is 1. The van der Waals surface area contributed by atoms with Gasteiger partial charge in [-0.3, -0.25) is 4.79 Å². The number of rotatable bonds is 8. The number of nitrogens with zero attached hydrogens (tertiary/aromatic N) is 1. The van der Waals surface area contributed by atoms with Gasteiger partial charge in [-0.25, -0.2) is 4.98 Å². The van der Waals surface area contributed by atoms with Crippen molar-refractivity contribution in [3.63, 3.8) is 0 Å². The molecule has 4 aromatic rings. The molecule has 0 radical (unpaired) electrons. The Morgan fingerprint density at radius 3 is 2.75 bits per heavy atom. The summed E-state index contributed by atoms with van der Waals surface area (Å²) >= 11 is 1.70. The number of aryl methyl sites for hydroxylation is 1. The van der Waals surface area contributed by atoms with E-state index in [1.54, 1.807) is 17.4 Å². The van der Waals surface area contributed by atoms with Gasteiger partial charge in [0.25, 0.3) is 5.91 Å². The highest BCUT2D eigenvalue weighted by molar-refractivity contribution is 7.18. The molecule has 0 aliphatic rings. The SMILES string of the molecule is O=C(NCCCc1nc2ccccc2s1)c1occc1COc1ccccc1. The third-order valence-electron chi connectivity index (χ3n) is 4.28. The van der Waals surface area contributed by atoms with Gasteiger partial charge in [0.15, 0.2) is 5.76 Å². The van der Waals surface area contributed by atoms with Crippen molar-refractivity contribution in [3.05, 3.63) is 83.3 Å². The van der Waals surface area contributed by atoms with E-state index < -0.39 is 0 Å². The van der Waals surface area contributed by atoms with Gasteiger partial charge in [0.1, 0.15) is 12.4 Å².